The van der Waals surface area contributed by atoms with Gasteiger partial charge in [0.25, 0.3) is 11.5 Å². The maximum Gasteiger partial charge on any atom is 0.330 e. The number of nitrogens with one attached hydrogen (secondary N) is 1. The van der Waals surface area contributed by atoms with Crippen LogP contribution in [0.15, 0.2) is 27.8 Å². The van der Waals surface area contributed by atoms with Gasteiger partial charge in [-0.25, -0.2) is 4.79 Å². The Bertz CT molecular complexity index is 1030. The lowest BCUT2D eigenvalue weighted by Gasteiger charge is -2.25. The number of hydrogen-bond acceptors (Lipinski definition) is 7. The molecule has 0 saturated carbocycles. The molecule has 30 heavy (non-hydrogen) atoms. The van der Waals surface area contributed by atoms with Gasteiger partial charge in [0.2, 0.25) is 0 Å². The number of nitrogens with zero attached hydrogens (tertiary/aromatic N) is 2. The molecule has 3 rings (SSSR count). The standard InChI is InChI=1S/C20H26N4O6/c1-3-4-7-24-17(21)16(18(25)22-20(24)27)23(8-9-28-2)19(26)13-5-6-14-15(12-13)30-11-10-29-14/h5-6,12H,3-4,7-11,21H2,1-2H3,(H,22,25,27). The van der Waals surface area contributed by atoms with E-state index in [1.54, 1.807) is 18.2 Å². The van der Waals surface area contributed by atoms with Crippen molar-refractivity contribution in [3.63, 3.8) is 0 Å². The van der Waals surface area contributed by atoms with Crippen LogP contribution in [0.3, 0.4) is 0 Å². The molecule has 0 aliphatic carbocycles. The first kappa shape index (κ1) is 21.4. The van der Waals surface area contributed by atoms with Gasteiger partial charge in [-0.05, 0) is 24.6 Å². The molecule has 0 radical (unpaired) electrons. The zero-order valence-corrected chi connectivity index (χ0v) is 17.1. The van der Waals surface area contributed by atoms with Crippen molar-refractivity contribution in [3.8, 4) is 11.5 Å². The predicted octanol–water partition coefficient (Wildman–Crippen LogP) is 0.983. The highest BCUT2D eigenvalue weighted by Gasteiger charge is 2.26. The third-order valence-electron chi connectivity index (χ3n) is 4.77. The van der Waals surface area contributed by atoms with Crippen LogP contribution in [0, 0.1) is 0 Å². The molecule has 1 amide bonds. The molecule has 0 atom stereocenters. The second-order valence-corrected chi connectivity index (χ2v) is 6.81. The van der Waals surface area contributed by atoms with Gasteiger partial charge in [0.05, 0.1) is 6.61 Å². The highest BCUT2D eigenvalue weighted by atomic mass is 16.6. The average Bonchev–Trinajstić information content (AvgIpc) is 2.75. The number of aromatic nitrogens is 2. The maximum absolute atomic E-state index is 13.3. The van der Waals surface area contributed by atoms with Crippen molar-refractivity contribution in [2.24, 2.45) is 0 Å². The summed E-state index contributed by atoms with van der Waals surface area (Å²) in [4.78, 5) is 41.7. The molecule has 2 aromatic rings. The minimum absolute atomic E-state index is 0.0563. The topological polar surface area (TPSA) is 129 Å². The zero-order valence-electron chi connectivity index (χ0n) is 17.1. The number of anilines is 2. The van der Waals surface area contributed by atoms with Crippen molar-refractivity contribution >= 4 is 17.4 Å². The van der Waals surface area contributed by atoms with Crippen molar-refractivity contribution in [1.29, 1.82) is 0 Å². The summed E-state index contributed by atoms with van der Waals surface area (Å²) in [5.74, 6) is 0.474. The molecular weight excluding hydrogens is 392 g/mol. The number of rotatable bonds is 8. The molecule has 0 fully saturated rings. The number of carbonyl (C=O) groups excluding carboxylic acids is 1. The van der Waals surface area contributed by atoms with Crippen molar-refractivity contribution in [3.05, 3.63) is 44.6 Å². The van der Waals surface area contributed by atoms with Crippen LogP contribution in [0.25, 0.3) is 0 Å². The first-order valence-electron chi connectivity index (χ1n) is 9.81. The van der Waals surface area contributed by atoms with Crippen LogP contribution in [-0.4, -0.2) is 48.9 Å². The second kappa shape index (κ2) is 9.49. The number of nitrogens with two attached hydrogens (primary N) is 1. The van der Waals surface area contributed by atoms with Gasteiger partial charge in [0.1, 0.15) is 19.0 Å². The van der Waals surface area contributed by atoms with Gasteiger partial charge in [-0.2, -0.15) is 0 Å². The monoisotopic (exact) mass is 418 g/mol. The van der Waals surface area contributed by atoms with Gasteiger partial charge in [-0.1, -0.05) is 13.3 Å². The number of unbranched alkanes of at least 4 members (excludes halogenated alkanes) is 1. The molecule has 3 N–H and O–H groups in total. The van der Waals surface area contributed by atoms with Crippen LogP contribution in [0.2, 0.25) is 0 Å². The lowest BCUT2D eigenvalue weighted by Crippen LogP contribution is -2.42. The van der Waals surface area contributed by atoms with E-state index >= 15 is 0 Å². The fourth-order valence-electron chi connectivity index (χ4n) is 3.21. The third kappa shape index (κ3) is 4.33. The Labute approximate surface area is 173 Å². The van der Waals surface area contributed by atoms with Crippen LogP contribution in [-0.2, 0) is 11.3 Å². The predicted molar refractivity (Wildman–Crippen MR) is 112 cm³/mol. The molecule has 0 saturated heterocycles. The Hall–Kier alpha value is -3.27. The lowest BCUT2D eigenvalue weighted by molar-refractivity contribution is 0.0974. The Morgan fingerprint density at radius 3 is 2.70 bits per heavy atom. The van der Waals surface area contributed by atoms with E-state index in [4.69, 9.17) is 19.9 Å². The summed E-state index contributed by atoms with van der Waals surface area (Å²) in [5.41, 5.74) is 5.07. The summed E-state index contributed by atoms with van der Waals surface area (Å²) in [6, 6.07) is 4.80. The van der Waals surface area contributed by atoms with E-state index in [1.807, 2.05) is 6.92 Å². The molecule has 1 aromatic carbocycles. The van der Waals surface area contributed by atoms with Crippen LogP contribution < -0.4 is 31.4 Å². The minimum Gasteiger partial charge on any atom is -0.486 e. The van der Waals surface area contributed by atoms with Gasteiger partial charge in [-0.15, -0.1) is 0 Å². The van der Waals surface area contributed by atoms with Crippen LogP contribution in [0.1, 0.15) is 30.1 Å². The number of fused-ring (bicyclic) bond motifs is 1. The fraction of sp³-hybridized carbons (Fsp3) is 0.450. The highest BCUT2D eigenvalue weighted by Crippen LogP contribution is 2.31. The number of carbonyl (C=O) groups is 1. The SMILES string of the molecule is CCCCn1c(N)c(N(CCOC)C(=O)c2ccc3c(c2)OCCO3)c(=O)[nH]c1=O. The number of amides is 1. The Kier molecular flexibility index (Phi) is 6.78. The zero-order chi connectivity index (χ0) is 21.7. The molecular formula is C20H26N4O6. The Balaban J connectivity index is 2.05. The maximum atomic E-state index is 13.3. The van der Waals surface area contributed by atoms with Gasteiger partial charge in [0, 0.05) is 25.8 Å². The summed E-state index contributed by atoms with van der Waals surface area (Å²) in [5, 5.41) is 0. The molecule has 10 nitrogen and oxygen atoms in total. The summed E-state index contributed by atoms with van der Waals surface area (Å²) in [7, 11) is 1.49. The number of nitrogen functional groups attached to an aromatic ring is 1. The van der Waals surface area contributed by atoms with E-state index in [0.29, 0.717) is 43.2 Å². The van der Waals surface area contributed by atoms with E-state index in [0.717, 1.165) is 6.42 Å². The smallest absolute Gasteiger partial charge is 0.330 e. The molecule has 1 aliphatic heterocycles. The molecule has 1 aromatic heterocycles. The molecule has 0 unspecified atom stereocenters. The van der Waals surface area contributed by atoms with Crippen molar-refractivity contribution in [2.75, 3.05) is 44.1 Å². The molecule has 2 heterocycles. The van der Waals surface area contributed by atoms with Gasteiger partial charge in [-0.3, -0.25) is 24.0 Å². The lowest BCUT2D eigenvalue weighted by atomic mass is 10.1. The van der Waals surface area contributed by atoms with Crippen molar-refractivity contribution in [2.45, 2.75) is 26.3 Å². The molecule has 162 valence electrons. The summed E-state index contributed by atoms with van der Waals surface area (Å²) < 4.78 is 17.4. The van der Waals surface area contributed by atoms with E-state index < -0.39 is 17.2 Å². The second-order valence-electron chi connectivity index (χ2n) is 6.81. The Morgan fingerprint density at radius 1 is 1.27 bits per heavy atom. The number of hydrogen-bond donors (Lipinski definition) is 2. The first-order valence-corrected chi connectivity index (χ1v) is 9.81. The molecule has 1 aliphatic rings. The number of ether oxygens (including phenoxy) is 3. The molecule has 10 heteroatoms. The summed E-state index contributed by atoms with van der Waals surface area (Å²) >= 11 is 0. The van der Waals surface area contributed by atoms with E-state index in [1.165, 1.54) is 16.6 Å². The van der Waals surface area contributed by atoms with E-state index in [9.17, 15) is 14.4 Å². The van der Waals surface area contributed by atoms with Crippen LogP contribution in [0.5, 0.6) is 11.5 Å². The normalized spacial score (nSPS) is 12.6. The van der Waals surface area contributed by atoms with Gasteiger partial charge in [0.15, 0.2) is 17.2 Å². The summed E-state index contributed by atoms with van der Waals surface area (Å²) in [6.45, 7) is 3.37. The first-order chi connectivity index (χ1) is 14.5. The molecule has 0 spiro atoms. The molecule has 0 bridgehead atoms. The number of methoxy groups -OCH3 is 1. The number of benzene rings is 1. The summed E-state index contributed by atoms with van der Waals surface area (Å²) in [6.07, 6.45) is 1.54. The van der Waals surface area contributed by atoms with E-state index in [-0.39, 0.29) is 24.7 Å². The van der Waals surface area contributed by atoms with Crippen molar-refractivity contribution in [1.82, 2.24) is 9.55 Å². The highest BCUT2D eigenvalue weighted by molar-refractivity contribution is 6.07. The van der Waals surface area contributed by atoms with Crippen LogP contribution >= 0.6 is 0 Å². The van der Waals surface area contributed by atoms with Crippen molar-refractivity contribution < 1.29 is 19.0 Å². The Morgan fingerprint density at radius 2 is 2.00 bits per heavy atom. The minimum atomic E-state index is -0.729. The number of aromatic amines is 1. The average molecular weight is 418 g/mol. The van der Waals surface area contributed by atoms with Gasteiger partial charge >= 0.3 is 5.69 Å². The van der Waals surface area contributed by atoms with Gasteiger partial charge < -0.3 is 19.9 Å². The quantitative estimate of drug-likeness (QED) is 0.654. The number of H-pyrrole nitrogens is 1. The van der Waals surface area contributed by atoms with Crippen LogP contribution in [0.4, 0.5) is 11.5 Å². The van der Waals surface area contributed by atoms with E-state index in [2.05, 4.69) is 4.98 Å². The fourth-order valence-corrected chi connectivity index (χ4v) is 3.21. The third-order valence-corrected chi connectivity index (χ3v) is 4.77. The largest absolute Gasteiger partial charge is 0.486 e.